The van der Waals surface area contributed by atoms with E-state index in [0.717, 1.165) is 12.8 Å². The third-order valence-electron chi connectivity index (χ3n) is 2.93. The summed E-state index contributed by atoms with van der Waals surface area (Å²) in [6, 6.07) is 0.219. The van der Waals surface area contributed by atoms with Gasteiger partial charge in [-0.1, -0.05) is 0 Å². The zero-order valence-corrected chi connectivity index (χ0v) is 10.3. The number of hydrogen-bond acceptors (Lipinski definition) is 8. The number of aromatic nitrogens is 3. The summed E-state index contributed by atoms with van der Waals surface area (Å²) < 4.78 is 5.22. The molecule has 2 rings (SSSR count). The van der Waals surface area contributed by atoms with E-state index < -0.39 is 0 Å². The molecule has 0 saturated heterocycles. The predicted molar refractivity (Wildman–Crippen MR) is 66.0 cm³/mol. The molecule has 0 unspecified atom stereocenters. The van der Waals surface area contributed by atoms with Gasteiger partial charge in [0.1, 0.15) is 0 Å². The fraction of sp³-hybridized carbons (Fsp3) is 0.700. The molecule has 8 heteroatoms. The number of nitrogen functional groups attached to an aromatic ring is 1. The quantitative estimate of drug-likeness (QED) is 0.388. The molecule has 1 saturated carbocycles. The lowest BCUT2D eigenvalue weighted by Gasteiger charge is -2.13. The lowest BCUT2D eigenvalue weighted by molar-refractivity contribution is 0.219. The van der Waals surface area contributed by atoms with E-state index in [1.54, 1.807) is 0 Å². The molecule has 0 atom stereocenters. The molecule has 0 aromatic carbocycles. The van der Waals surface area contributed by atoms with Gasteiger partial charge < -0.3 is 15.2 Å². The zero-order valence-electron chi connectivity index (χ0n) is 10.3. The maximum absolute atomic E-state index is 9.22. The van der Waals surface area contributed by atoms with Crippen LogP contribution < -0.4 is 21.3 Å². The summed E-state index contributed by atoms with van der Waals surface area (Å²) in [6.45, 7) is 3.11. The van der Waals surface area contributed by atoms with E-state index in [4.69, 9.17) is 10.6 Å². The fourth-order valence-corrected chi connectivity index (χ4v) is 1.53. The zero-order chi connectivity index (χ0) is 13.0. The van der Waals surface area contributed by atoms with Gasteiger partial charge in [-0.2, -0.15) is 15.0 Å². The highest BCUT2D eigenvalue weighted by Crippen LogP contribution is 2.44. The summed E-state index contributed by atoms with van der Waals surface area (Å²) in [4.78, 5) is 12.1. The van der Waals surface area contributed by atoms with E-state index in [2.05, 4.69) is 25.7 Å². The van der Waals surface area contributed by atoms with Crippen molar-refractivity contribution in [2.75, 3.05) is 30.5 Å². The molecule has 0 bridgehead atoms. The number of nitrogens with one attached hydrogen (secondary N) is 2. The minimum Gasteiger partial charge on any atom is -0.464 e. The van der Waals surface area contributed by atoms with Crippen molar-refractivity contribution in [2.45, 2.75) is 19.8 Å². The first-order chi connectivity index (χ1) is 8.71. The van der Waals surface area contributed by atoms with E-state index in [9.17, 15) is 5.11 Å². The molecule has 1 aliphatic rings. The van der Waals surface area contributed by atoms with Crippen molar-refractivity contribution >= 4 is 11.9 Å². The van der Waals surface area contributed by atoms with Crippen LogP contribution in [-0.2, 0) is 0 Å². The summed E-state index contributed by atoms with van der Waals surface area (Å²) >= 11 is 0. The van der Waals surface area contributed by atoms with Crippen LogP contribution >= 0.6 is 0 Å². The topological polar surface area (TPSA) is 118 Å². The van der Waals surface area contributed by atoms with Crippen molar-refractivity contribution in [1.29, 1.82) is 0 Å². The molecule has 5 N–H and O–H groups in total. The first-order valence-corrected chi connectivity index (χ1v) is 5.91. The van der Waals surface area contributed by atoms with Crippen LogP contribution in [0.25, 0.3) is 0 Å². The number of ether oxygens (including phenoxy) is 1. The second kappa shape index (κ2) is 5.32. The van der Waals surface area contributed by atoms with Gasteiger partial charge >= 0.3 is 6.01 Å². The Morgan fingerprint density at radius 3 is 2.61 bits per heavy atom. The van der Waals surface area contributed by atoms with Crippen LogP contribution in [0.4, 0.5) is 11.9 Å². The third kappa shape index (κ3) is 2.96. The SMILES string of the molecule is CCOc1nc(NN)nc(NCC2(CO)CC2)n1. The number of aliphatic hydroxyl groups is 1. The first-order valence-electron chi connectivity index (χ1n) is 5.91. The monoisotopic (exact) mass is 254 g/mol. The standard InChI is InChI=1S/C10H18N6O2/c1-2-18-9-14-7(13-8(15-9)16-11)12-5-10(6-17)3-4-10/h17H,2-6,11H2,1H3,(H2,12,13,14,15,16). The number of rotatable bonds is 7. The number of nitrogens with zero attached hydrogens (tertiary/aromatic N) is 3. The second-order valence-electron chi connectivity index (χ2n) is 4.35. The summed E-state index contributed by atoms with van der Waals surface area (Å²) in [7, 11) is 0. The second-order valence-corrected chi connectivity index (χ2v) is 4.35. The largest absolute Gasteiger partial charge is 0.464 e. The third-order valence-corrected chi connectivity index (χ3v) is 2.93. The molecule has 1 heterocycles. The molecule has 100 valence electrons. The highest BCUT2D eigenvalue weighted by molar-refractivity contribution is 5.35. The molecule has 0 spiro atoms. The number of hydrazine groups is 1. The molecule has 0 radical (unpaired) electrons. The Hall–Kier alpha value is -1.67. The van der Waals surface area contributed by atoms with Crippen LogP contribution in [0.5, 0.6) is 6.01 Å². The molecule has 8 nitrogen and oxygen atoms in total. The van der Waals surface area contributed by atoms with Crippen molar-refractivity contribution in [3.8, 4) is 6.01 Å². The number of hydrogen-bond donors (Lipinski definition) is 4. The molecular formula is C10H18N6O2. The van der Waals surface area contributed by atoms with Crippen LogP contribution in [0, 0.1) is 5.41 Å². The van der Waals surface area contributed by atoms with E-state index >= 15 is 0 Å². The molecule has 1 aromatic rings. The Morgan fingerprint density at radius 1 is 1.33 bits per heavy atom. The number of anilines is 2. The molecule has 0 amide bonds. The van der Waals surface area contributed by atoms with Crippen LogP contribution in [0.2, 0.25) is 0 Å². The van der Waals surface area contributed by atoms with Gasteiger partial charge in [-0.05, 0) is 19.8 Å². The molecular weight excluding hydrogens is 236 g/mol. The Kier molecular flexibility index (Phi) is 3.78. The maximum Gasteiger partial charge on any atom is 0.323 e. The summed E-state index contributed by atoms with van der Waals surface area (Å²) in [5.41, 5.74) is 2.34. The lowest BCUT2D eigenvalue weighted by atomic mass is 10.1. The minimum absolute atomic E-state index is 0.0191. The van der Waals surface area contributed by atoms with Crippen molar-refractivity contribution in [3.63, 3.8) is 0 Å². The first kappa shape index (κ1) is 12.8. The Balaban J connectivity index is 2.04. The summed E-state index contributed by atoms with van der Waals surface area (Å²) in [6.07, 6.45) is 2.03. The van der Waals surface area contributed by atoms with Crippen molar-refractivity contribution < 1.29 is 9.84 Å². The minimum atomic E-state index is -0.0191. The van der Waals surface area contributed by atoms with Gasteiger partial charge in [0.2, 0.25) is 11.9 Å². The highest BCUT2D eigenvalue weighted by atomic mass is 16.5. The van der Waals surface area contributed by atoms with Gasteiger partial charge in [-0.15, -0.1) is 0 Å². The highest BCUT2D eigenvalue weighted by Gasteiger charge is 2.41. The molecule has 1 aromatic heterocycles. The van der Waals surface area contributed by atoms with Crippen molar-refractivity contribution in [3.05, 3.63) is 0 Å². The van der Waals surface area contributed by atoms with Crippen LogP contribution in [0.15, 0.2) is 0 Å². The smallest absolute Gasteiger partial charge is 0.323 e. The maximum atomic E-state index is 9.22. The number of aliphatic hydroxyl groups excluding tert-OH is 1. The van der Waals surface area contributed by atoms with E-state index in [0.29, 0.717) is 19.1 Å². The van der Waals surface area contributed by atoms with E-state index in [1.807, 2.05) is 6.92 Å². The Morgan fingerprint density at radius 2 is 2.06 bits per heavy atom. The van der Waals surface area contributed by atoms with Crippen LogP contribution in [-0.4, -0.2) is 39.8 Å². The molecule has 0 aliphatic heterocycles. The molecule has 1 aliphatic carbocycles. The van der Waals surface area contributed by atoms with Gasteiger partial charge in [-0.25, -0.2) is 5.84 Å². The molecule has 1 fully saturated rings. The van der Waals surface area contributed by atoms with E-state index in [1.165, 1.54) is 0 Å². The van der Waals surface area contributed by atoms with Crippen LogP contribution in [0.3, 0.4) is 0 Å². The van der Waals surface area contributed by atoms with Crippen LogP contribution in [0.1, 0.15) is 19.8 Å². The Bertz CT molecular complexity index is 409. The lowest BCUT2D eigenvalue weighted by Crippen LogP contribution is -2.21. The van der Waals surface area contributed by atoms with Gasteiger partial charge in [0.25, 0.3) is 0 Å². The molecule has 18 heavy (non-hydrogen) atoms. The summed E-state index contributed by atoms with van der Waals surface area (Å²) in [5.74, 6) is 5.91. The van der Waals surface area contributed by atoms with Crippen molar-refractivity contribution in [2.24, 2.45) is 11.3 Å². The average molecular weight is 254 g/mol. The Labute approximate surface area is 105 Å². The fourth-order valence-electron chi connectivity index (χ4n) is 1.53. The van der Waals surface area contributed by atoms with Crippen molar-refractivity contribution in [1.82, 2.24) is 15.0 Å². The van der Waals surface area contributed by atoms with Gasteiger partial charge in [-0.3, -0.25) is 5.43 Å². The average Bonchev–Trinajstić information content (AvgIpc) is 3.17. The number of nitrogens with two attached hydrogens (primary N) is 1. The van der Waals surface area contributed by atoms with Gasteiger partial charge in [0, 0.05) is 12.0 Å². The van der Waals surface area contributed by atoms with E-state index in [-0.39, 0.29) is 24.0 Å². The van der Waals surface area contributed by atoms with Gasteiger partial charge in [0.15, 0.2) is 0 Å². The predicted octanol–water partition coefficient (Wildman–Crippen LogP) is -0.260. The summed E-state index contributed by atoms with van der Waals surface area (Å²) in [5, 5.41) is 12.3. The van der Waals surface area contributed by atoms with Gasteiger partial charge in [0.05, 0.1) is 13.2 Å². The normalized spacial score (nSPS) is 16.2.